The molecule has 0 aliphatic rings. The van der Waals surface area contributed by atoms with Gasteiger partial charge in [-0.2, -0.15) is 0 Å². The van der Waals surface area contributed by atoms with Gasteiger partial charge in [-0.25, -0.2) is 0 Å². The Hall–Kier alpha value is -2.24. The Labute approximate surface area is 121 Å². The molecule has 107 valence electrons. The summed E-state index contributed by atoms with van der Waals surface area (Å²) in [6.07, 6.45) is 0. The van der Waals surface area contributed by atoms with E-state index in [1.165, 1.54) is 24.3 Å². The van der Waals surface area contributed by atoms with E-state index in [2.05, 4.69) is 0 Å². The van der Waals surface area contributed by atoms with Crippen LogP contribution in [0.4, 0.5) is 22.7 Å². The number of aromatic hydroxyl groups is 2. The summed E-state index contributed by atoms with van der Waals surface area (Å²) in [6.45, 7) is 0. The van der Waals surface area contributed by atoms with Gasteiger partial charge in [0.2, 0.25) is 0 Å². The third kappa shape index (κ3) is 5.29. The van der Waals surface area contributed by atoms with Crippen molar-refractivity contribution in [3.8, 4) is 11.5 Å². The molecular formula is C12H16CuN4O2. The maximum absolute atomic E-state index is 8.86. The number of nitrogens with two attached hydrogens (primary N) is 4. The van der Waals surface area contributed by atoms with Crippen LogP contribution in [0, 0.1) is 0 Å². The number of phenolic OH excluding ortho intramolecular Hbond substituents is 2. The first-order valence-electron chi connectivity index (χ1n) is 5.08. The van der Waals surface area contributed by atoms with Crippen molar-refractivity contribution in [3.63, 3.8) is 0 Å². The van der Waals surface area contributed by atoms with E-state index in [4.69, 9.17) is 33.1 Å². The minimum atomic E-state index is 0. The van der Waals surface area contributed by atoms with Crippen molar-refractivity contribution in [2.45, 2.75) is 0 Å². The van der Waals surface area contributed by atoms with E-state index in [0.717, 1.165) is 0 Å². The maximum Gasteiger partial charge on any atom is 0.138 e. The predicted molar refractivity (Wildman–Crippen MR) is 73.9 cm³/mol. The van der Waals surface area contributed by atoms with E-state index < -0.39 is 0 Å². The number of anilines is 4. The quantitative estimate of drug-likeness (QED) is 0.186. The molecule has 2 aromatic rings. The van der Waals surface area contributed by atoms with Gasteiger partial charge in [-0.1, -0.05) is 0 Å². The molecule has 1 radical (unpaired) electrons. The fraction of sp³-hybridized carbons (Fsp3) is 0. The van der Waals surface area contributed by atoms with Crippen molar-refractivity contribution in [1.82, 2.24) is 0 Å². The minimum Gasteiger partial charge on any atom is -0.506 e. The fourth-order valence-corrected chi connectivity index (χ4v) is 1.15. The zero-order chi connectivity index (χ0) is 13.7. The molecule has 0 atom stereocenters. The summed E-state index contributed by atoms with van der Waals surface area (Å²) in [5.74, 6) is 0.147. The summed E-state index contributed by atoms with van der Waals surface area (Å²) in [4.78, 5) is 0. The van der Waals surface area contributed by atoms with Crippen LogP contribution in [0.1, 0.15) is 0 Å². The number of phenols is 2. The number of rotatable bonds is 0. The minimum absolute atomic E-state index is 0. The topological polar surface area (TPSA) is 145 Å². The van der Waals surface area contributed by atoms with Crippen LogP contribution in [-0.2, 0) is 17.1 Å². The Morgan fingerprint density at radius 1 is 0.632 bits per heavy atom. The van der Waals surface area contributed by atoms with Gasteiger partial charge in [0, 0.05) is 28.4 Å². The van der Waals surface area contributed by atoms with Gasteiger partial charge in [-0.15, -0.1) is 0 Å². The molecule has 7 heteroatoms. The molecule has 0 saturated carbocycles. The third-order valence-corrected chi connectivity index (χ3v) is 2.10. The average Bonchev–Trinajstić information content (AvgIpc) is 2.30. The molecule has 19 heavy (non-hydrogen) atoms. The molecule has 0 saturated heterocycles. The van der Waals surface area contributed by atoms with Crippen LogP contribution in [0.2, 0.25) is 0 Å². The molecule has 2 aromatic carbocycles. The molecule has 0 bridgehead atoms. The molecule has 0 aliphatic heterocycles. The number of hydrogen-bond donors (Lipinski definition) is 6. The summed E-state index contributed by atoms with van der Waals surface area (Å²) < 4.78 is 0. The molecular weight excluding hydrogens is 296 g/mol. The van der Waals surface area contributed by atoms with E-state index in [0.29, 0.717) is 22.7 Å². The van der Waals surface area contributed by atoms with E-state index in [-0.39, 0.29) is 28.6 Å². The van der Waals surface area contributed by atoms with Crippen molar-refractivity contribution >= 4 is 22.7 Å². The monoisotopic (exact) mass is 311 g/mol. The second-order valence-corrected chi connectivity index (χ2v) is 3.64. The van der Waals surface area contributed by atoms with Crippen LogP contribution >= 0.6 is 0 Å². The SMILES string of the molecule is Nc1ccc(O)c(N)c1.Nc1ccc(O)c(N)c1.[Cu]. The number of nitrogen functional groups attached to an aromatic ring is 4. The van der Waals surface area contributed by atoms with Crippen molar-refractivity contribution in [3.05, 3.63) is 36.4 Å². The van der Waals surface area contributed by atoms with Crippen LogP contribution in [-0.4, -0.2) is 10.2 Å². The molecule has 0 spiro atoms. The summed E-state index contributed by atoms with van der Waals surface area (Å²) in [6, 6.07) is 9.12. The van der Waals surface area contributed by atoms with Crippen LogP contribution in [0.25, 0.3) is 0 Å². The fourth-order valence-electron chi connectivity index (χ4n) is 1.15. The van der Waals surface area contributed by atoms with Crippen molar-refractivity contribution in [2.24, 2.45) is 0 Å². The van der Waals surface area contributed by atoms with Gasteiger partial charge >= 0.3 is 0 Å². The molecule has 0 aliphatic carbocycles. The van der Waals surface area contributed by atoms with Crippen LogP contribution in [0.3, 0.4) is 0 Å². The predicted octanol–water partition coefficient (Wildman–Crippen LogP) is 1.11. The zero-order valence-electron chi connectivity index (χ0n) is 9.97. The van der Waals surface area contributed by atoms with E-state index in [1.807, 2.05) is 0 Å². The number of benzene rings is 2. The van der Waals surface area contributed by atoms with Crippen LogP contribution in [0.15, 0.2) is 36.4 Å². The summed E-state index contributed by atoms with van der Waals surface area (Å²) in [7, 11) is 0. The summed E-state index contributed by atoms with van der Waals surface area (Å²) in [5, 5.41) is 17.7. The molecule has 0 unspecified atom stereocenters. The van der Waals surface area contributed by atoms with Gasteiger partial charge in [0.1, 0.15) is 11.5 Å². The van der Waals surface area contributed by atoms with Gasteiger partial charge in [-0.05, 0) is 36.4 Å². The molecule has 6 nitrogen and oxygen atoms in total. The molecule has 2 rings (SSSR count). The van der Waals surface area contributed by atoms with E-state index in [1.54, 1.807) is 12.1 Å². The molecule has 0 heterocycles. The van der Waals surface area contributed by atoms with Gasteiger partial charge in [0.05, 0.1) is 11.4 Å². The largest absolute Gasteiger partial charge is 0.506 e. The van der Waals surface area contributed by atoms with Gasteiger partial charge < -0.3 is 33.1 Å². The van der Waals surface area contributed by atoms with Crippen molar-refractivity contribution < 1.29 is 27.3 Å². The Kier molecular flexibility index (Phi) is 6.40. The molecule has 0 aromatic heterocycles. The van der Waals surface area contributed by atoms with E-state index >= 15 is 0 Å². The molecule has 0 fully saturated rings. The zero-order valence-corrected chi connectivity index (χ0v) is 10.9. The van der Waals surface area contributed by atoms with Gasteiger partial charge in [-0.3, -0.25) is 0 Å². The van der Waals surface area contributed by atoms with Crippen molar-refractivity contribution in [1.29, 1.82) is 0 Å². The smallest absolute Gasteiger partial charge is 0.138 e. The molecule has 10 N–H and O–H groups in total. The van der Waals surface area contributed by atoms with Crippen LogP contribution in [0.5, 0.6) is 11.5 Å². The first kappa shape index (κ1) is 16.8. The van der Waals surface area contributed by atoms with Gasteiger partial charge in [0.15, 0.2) is 0 Å². The third-order valence-electron chi connectivity index (χ3n) is 2.10. The normalized spacial score (nSPS) is 8.84. The Morgan fingerprint density at radius 3 is 1.16 bits per heavy atom. The average molecular weight is 312 g/mol. The number of hydrogen-bond acceptors (Lipinski definition) is 6. The van der Waals surface area contributed by atoms with Crippen molar-refractivity contribution in [2.75, 3.05) is 22.9 Å². The van der Waals surface area contributed by atoms with Crippen LogP contribution < -0.4 is 22.9 Å². The maximum atomic E-state index is 8.86. The first-order chi connectivity index (χ1) is 8.40. The Morgan fingerprint density at radius 2 is 0.947 bits per heavy atom. The van der Waals surface area contributed by atoms with E-state index in [9.17, 15) is 0 Å². The standard InChI is InChI=1S/2C6H8N2O.Cu/c2*7-4-1-2-6(9)5(8)3-4;/h2*1-3,9H,7-8H2;. The second-order valence-electron chi connectivity index (χ2n) is 3.64. The Bertz CT molecular complexity index is 500. The second kappa shape index (κ2) is 7.25. The first-order valence-corrected chi connectivity index (χ1v) is 5.08. The molecule has 0 amide bonds. The Balaban J connectivity index is 0.000000324. The summed E-state index contributed by atoms with van der Waals surface area (Å²) >= 11 is 0. The van der Waals surface area contributed by atoms with Gasteiger partial charge in [0.25, 0.3) is 0 Å². The summed E-state index contributed by atoms with van der Waals surface area (Å²) in [5.41, 5.74) is 23.0.